The van der Waals surface area contributed by atoms with E-state index in [2.05, 4.69) is 5.32 Å². The van der Waals surface area contributed by atoms with Crippen molar-refractivity contribution in [3.8, 4) is 0 Å². The molecule has 2 rings (SSSR count). The van der Waals surface area contributed by atoms with Crippen molar-refractivity contribution in [2.24, 2.45) is 0 Å². The fourth-order valence-electron chi connectivity index (χ4n) is 2.05. The highest BCUT2D eigenvalue weighted by molar-refractivity contribution is 5.97. The molecule has 0 fully saturated rings. The van der Waals surface area contributed by atoms with E-state index in [4.69, 9.17) is 4.74 Å². The SMILES string of the molecule is CN(C)c1cccc(C(=O)OCC(=O)Nc2ccccc2[N+](=O)[O-])c1. The molecule has 1 N–H and O–H groups in total. The van der Waals surface area contributed by atoms with E-state index in [1.807, 2.05) is 25.1 Å². The van der Waals surface area contributed by atoms with E-state index >= 15 is 0 Å². The van der Waals surface area contributed by atoms with Crippen molar-refractivity contribution in [3.05, 3.63) is 64.2 Å². The summed E-state index contributed by atoms with van der Waals surface area (Å²) in [6, 6.07) is 12.5. The first-order valence-electron chi connectivity index (χ1n) is 7.36. The van der Waals surface area contributed by atoms with Gasteiger partial charge in [-0.05, 0) is 24.3 Å². The largest absolute Gasteiger partial charge is 0.452 e. The summed E-state index contributed by atoms with van der Waals surface area (Å²) in [4.78, 5) is 36.0. The molecule has 2 aromatic carbocycles. The Kier molecular flexibility index (Phi) is 5.67. The van der Waals surface area contributed by atoms with Gasteiger partial charge >= 0.3 is 5.97 Å². The molecule has 0 saturated carbocycles. The maximum Gasteiger partial charge on any atom is 0.338 e. The van der Waals surface area contributed by atoms with Crippen LogP contribution in [0.2, 0.25) is 0 Å². The number of para-hydroxylation sites is 2. The molecule has 0 spiro atoms. The number of ether oxygens (including phenoxy) is 1. The van der Waals surface area contributed by atoms with Crippen LogP contribution >= 0.6 is 0 Å². The van der Waals surface area contributed by atoms with E-state index in [1.54, 1.807) is 24.3 Å². The minimum absolute atomic E-state index is 0.0446. The van der Waals surface area contributed by atoms with Crippen molar-refractivity contribution < 1.29 is 19.2 Å². The van der Waals surface area contributed by atoms with E-state index in [1.165, 1.54) is 18.2 Å². The molecular weight excluding hydrogens is 326 g/mol. The second-order valence-corrected chi connectivity index (χ2v) is 5.34. The molecule has 0 saturated heterocycles. The van der Waals surface area contributed by atoms with E-state index in [0.29, 0.717) is 5.56 Å². The molecule has 25 heavy (non-hydrogen) atoms. The van der Waals surface area contributed by atoms with Gasteiger partial charge in [-0.3, -0.25) is 14.9 Å². The normalized spacial score (nSPS) is 10.0. The third-order valence-electron chi connectivity index (χ3n) is 3.31. The minimum Gasteiger partial charge on any atom is -0.452 e. The van der Waals surface area contributed by atoms with Gasteiger partial charge in [-0.15, -0.1) is 0 Å². The number of hydrogen-bond donors (Lipinski definition) is 1. The molecule has 0 atom stereocenters. The van der Waals surface area contributed by atoms with Crippen molar-refractivity contribution >= 4 is 28.9 Å². The number of carbonyl (C=O) groups is 2. The van der Waals surface area contributed by atoms with Crippen molar-refractivity contribution in [2.45, 2.75) is 0 Å². The highest BCUT2D eigenvalue weighted by Gasteiger charge is 2.16. The van der Waals surface area contributed by atoms with Crippen LogP contribution in [0.15, 0.2) is 48.5 Å². The second-order valence-electron chi connectivity index (χ2n) is 5.34. The van der Waals surface area contributed by atoms with Gasteiger partial charge in [-0.1, -0.05) is 18.2 Å². The summed E-state index contributed by atoms with van der Waals surface area (Å²) in [6.45, 7) is -0.545. The standard InChI is InChI=1S/C17H17N3O5/c1-19(2)13-7-5-6-12(10-13)17(22)25-11-16(21)18-14-8-3-4-9-15(14)20(23)24/h3-10H,11H2,1-2H3,(H,18,21). The van der Waals surface area contributed by atoms with Gasteiger partial charge < -0.3 is 15.0 Å². The summed E-state index contributed by atoms with van der Waals surface area (Å²) in [5.41, 5.74) is 0.938. The lowest BCUT2D eigenvalue weighted by Gasteiger charge is -2.13. The van der Waals surface area contributed by atoms with Crippen LogP contribution in [-0.2, 0) is 9.53 Å². The molecule has 0 unspecified atom stereocenters. The number of rotatable bonds is 6. The van der Waals surface area contributed by atoms with Crippen LogP contribution in [0, 0.1) is 10.1 Å². The average Bonchev–Trinajstić information content (AvgIpc) is 2.60. The van der Waals surface area contributed by atoms with Crippen molar-refractivity contribution in [1.82, 2.24) is 0 Å². The van der Waals surface area contributed by atoms with Crippen LogP contribution < -0.4 is 10.2 Å². The quantitative estimate of drug-likeness (QED) is 0.491. The zero-order chi connectivity index (χ0) is 18.4. The van der Waals surface area contributed by atoms with Crippen molar-refractivity contribution in [1.29, 1.82) is 0 Å². The first-order valence-corrected chi connectivity index (χ1v) is 7.36. The average molecular weight is 343 g/mol. The predicted octanol–water partition coefficient (Wildman–Crippen LogP) is 2.46. The highest BCUT2D eigenvalue weighted by atomic mass is 16.6. The molecule has 0 bridgehead atoms. The Morgan fingerprint density at radius 2 is 1.88 bits per heavy atom. The Hall–Kier alpha value is -3.42. The van der Waals surface area contributed by atoms with Gasteiger partial charge in [0, 0.05) is 25.8 Å². The zero-order valence-corrected chi connectivity index (χ0v) is 13.8. The number of benzene rings is 2. The van der Waals surface area contributed by atoms with Gasteiger partial charge in [0.25, 0.3) is 11.6 Å². The number of amides is 1. The summed E-state index contributed by atoms with van der Waals surface area (Å²) in [6.07, 6.45) is 0. The van der Waals surface area contributed by atoms with Crippen LogP contribution in [0.4, 0.5) is 17.1 Å². The molecule has 8 nitrogen and oxygen atoms in total. The van der Waals surface area contributed by atoms with E-state index in [9.17, 15) is 19.7 Å². The third-order valence-corrected chi connectivity index (χ3v) is 3.31. The molecule has 2 aromatic rings. The van der Waals surface area contributed by atoms with Gasteiger partial charge in [0.1, 0.15) is 5.69 Å². The molecular formula is C17H17N3O5. The fourth-order valence-corrected chi connectivity index (χ4v) is 2.05. The lowest BCUT2D eigenvalue weighted by atomic mass is 10.2. The van der Waals surface area contributed by atoms with Crippen LogP contribution in [0.5, 0.6) is 0 Å². The second kappa shape index (κ2) is 7.91. The minimum atomic E-state index is -0.661. The number of nitrogens with one attached hydrogen (secondary N) is 1. The molecule has 1 amide bonds. The molecule has 0 aliphatic heterocycles. The summed E-state index contributed by atoms with van der Waals surface area (Å²) in [7, 11) is 3.68. The molecule has 8 heteroatoms. The maximum atomic E-state index is 12.0. The van der Waals surface area contributed by atoms with Crippen LogP contribution in [0.3, 0.4) is 0 Å². The lowest BCUT2D eigenvalue weighted by molar-refractivity contribution is -0.383. The van der Waals surface area contributed by atoms with Gasteiger partial charge in [0.05, 0.1) is 10.5 Å². The van der Waals surface area contributed by atoms with Gasteiger partial charge in [-0.2, -0.15) is 0 Å². The van der Waals surface area contributed by atoms with Crippen LogP contribution in [-0.4, -0.2) is 37.5 Å². The van der Waals surface area contributed by atoms with Gasteiger partial charge in [0.2, 0.25) is 0 Å². The lowest BCUT2D eigenvalue weighted by Crippen LogP contribution is -2.21. The Bertz CT molecular complexity index is 804. The highest BCUT2D eigenvalue weighted by Crippen LogP contribution is 2.23. The maximum absolute atomic E-state index is 12.0. The number of nitrogens with zero attached hydrogens (tertiary/aromatic N) is 2. The topological polar surface area (TPSA) is 102 Å². The monoisotopic (exact) mass is 343 g/mol. The number of nitro groups is 1. The molecule has 0 radical (unpaired) electrons. The van der Waals surface area contributed by atoms with Crippen molar-refractivity contribution in [2.75, 3.05) is 30.9 Å². The number of esters is 1. The smallest absolute Gasteiger partial charge is 0.338 e. The Balaban J connectivity index is 1.97. The van der Waals surface area contributed by atoms with Crippen LogP contribution in [0.25, 0.3) is 0 Å². The van der Waals surface area contributed by atoms with E-state index in [0.717, 1.165) is 5.69 Å². The first-order chi connectivity index (χ1) is 11.9. The number of carbonyl (C=O) groups excluding carboxylic acids is 2. The molecule has 0 aromatic heterocycles. The zero-order valence-electron chi connectivity index (χ0n) is 13.8. The molecule has 0 aliphatic carbocycles. The summed E-state index contributed by atoms with van der Waals surface area (Å²) >= 11 is 0. The van der Waals surface area contributed by atoms with Crippen molar-refractivity contribution in [3.63, 3.8) is 0 Å². The third kappa shape index (κ3) is 4.77. The molecule has 0 aliphatic rings. The Morgan fingerprint density at radius 3 is 2.56 bits per heavy atom. The predicted molar refractivity (Wildman–Crippen MR) is 92.8 cm³/mol. The summed E-state index contributed by atoms with van der Waals surface area (Å²) in [5.74, 6) is -1.31. The van der Waals surface area contributed by atoms with Crippen LogP contribution in [0.1, 0.15) is 10.4 Å². The number of hydrogen-bond acceptors (Lipinski definition) is 6. The summed E-state index contributed by atoms with van der Waals surface area (Å²) in [5, 5.41) is 13.3. The number of anilines is 2. The number of nitro benzene ring substituents is 1. The molecule has 0 heterocycles. The first kappa shape index (κ1) is 17.9. The van der Waals surface area contributed by atoms with Gasteiger partial charge in [0.15, 0.2) is 6.61 Å². The van der Waals surface area contributed by atoms with E-state index < -0.39 is 23.4 Å². The Labute approximate surface area is 144 Å². The Morgan fingerprint density at radius 1 is 1.16 bits per heavy atom. The molecule has 130 valence electrons. The van der Waals surface area contributed by atoms with Gasteiger partial charge in [-0.25, -0.2) is 4.79 Å². The fraction of sp³-hybridized carbons (Fsp3) is 0.176. The van der Waals surface area contributed by atoms with E-state index in [-0.39, 0.29) is 11.4 Å². The summed E-state index contributed by atoms with van der Waals surface area (Å²) < 4.78 is 4.96.